The predicted molar refractivity (Wildman–Crippen MR) is 312 cm³/mol. The van der Waals surface area contributed by atoms with Crippen LogP contribution < -0.4 is 0 Å². The van der Waals surface area contributed by atoms with Crippen LogP contribution in [0.4, 0.5) is 0 Å². The molecule has 438 valence electrons. The third-order valence-corrected chi connectivity index (χ3v) is 46.6. The number of carbonyl (C=O) groups is 1. The summed E-state index contributed by atoms with van der Waals surface area (Å²) < 4.78 is 6.49. The van der Waals surface area contributed by atoms with Gasteiger partial charge in [-0.3, -0.25) is 4.79 Å². The highest BCUT2D eigenvalue weighted by Crippen LogP contribution is 3.14. The van der Waals surface area contributed by atoms with Crippen molar-refractivity contribution in [2.24, 2.45) is 354 Å². The molecule has 52 unspecified atom stereocenters. The zero-order chi connectivity index (χ0) is 52.3. The van der Waals surface area contributed by atoms with Gasteiger partial charge >= 0.3 is 5.97 Å². The second-order valence-corrected chi connectivity index (χ2v) is 42.5. The normalized spacial score (nSPS) is 83.5. The van der Waals surface area contributed by atoms with E-state index < -0.39 is 0 Å². The van der Waals surface area contributed by atoms with Crippen LogP contribution in [-0.4, -0.2) is 12.6 Å². The molecule has 33 saturated carbocycles. The summed E-state index contributed by atoms with van der Waals surface area (Å²) in [5.41, 5.74) is 3.38. The van der Waals surface area contributed by atoms with Gasteiger partial charge in [0.25, 0.3) is 0 Å². The lowest BCUT2D eigenvalue weighted by atomic mass is 9.39. The van der Waals surface area contributed by atoms with Gasteiger partial charge in [0.05, 0.1) is 6.61 Å². The molecule has 52 atom stereocenters. The summed E-state index contributed by atoms with van der Waals surface area (Å²) in [6, 6.07) is 13.6. The Labute approximate surface area is 505 Å². The quantitative estimate of drug-likeness (QED) is 0.122. The van der Waals surface area contributed by atoms with Crippen molar-refractivity contribution in [1.82, 2.24) is 0 Å². The van der Waals surface area contributed by atoms with Crippen molar-refractivity contribution in [3.05, 3.63) is 35.9 Å². The Morgan fingerprint density at radius 1 is 0.294 bits per heavy atom. The lowest BCUT2D eigenvalue weighted by molar-refractivity contribution is -0.183. The number of hydrogen-bond acceptors (Lipinski definition) is 2. The maximum absolute atomic E-state index is 14.7. The molecule has 1 aromatic carbocycles. The second kappa shape index (κ2) is 11.8. The van der Waals surface area contributed by atoms with E-state index in [0.717, 1.165) is 90.3 Å². The van der Waals surface area contributed by atoms with Crippen molar-refractivity contribution in [2.45, 2.75) is 95.8 Å². The van der Waals surface area contributed by atoms with Gasteiger partial charge in [0, 0.05) is 11.8 Å². The van der Waals surface area contributed by atoms with Crippen molar-refractivity contribution in [3.8, 4) is 0 Å². The average Bonchev–Trinajstić information content (AvgIpc) is 1.36. The molecule has 0 heterocycles. The van der Waals surface area contributed by atoms with Crippen LogP contribution in [0.25, 0.3) is 0 Å². The fourth-order valence-electron chi connectivity index (χ4n) is 52.3. The topological polar surface area (TPSA) is 26.3 Å². The fourth-order valence-corrected chi connectivity index (χ4v) is 52.3. The third kappa shape index (κ3) is 3.03. The average molecular weight is 1120 g/mol. The Hall–Kier alpha value is -1.31. The van der Waals surface area contributed by atoms with Gasteiger partial charge in [0.2, 0.25) is 0 Å². The molecular formula is C83H94O2. The van der Waals surface area contributed by atoms with E-state index in [2.05, 4.69) is 37.3 Å². The first-order valence-electron chi connectivity index (χ1n) is 40.5. The zero-order valence-corrected chi connectivity index (χ0v) is 50.6. The van der Waals surface area contributed by atoms with E-state index in [1.807, 2.05) is 5.56 Å². The van der Waals surface area contributed by atoms with Crippen LogP contribution in [0.3, 0.4) is 0 Å². The maximum Gasteiger partial charge on any atom is 0.305 e. The van der Waals surface area contributed by atoms with Gasteiger partial charge in [-0.15, -0.1) is 0 Å². The standard InChI is InChI=1S/C83H94O2/c1-2-3-4-5-6-7-8-9-10-14-20-85-22(84)18-15-19-81(21-16-12-11-13-17-21)82-77-69-61-51-41-33-25-23-24-27-31-29(25)37-45-39(31)49-43-35(27)36-28(24)32-30-26(23)34(33)42-48-38(30)46-40(32)50-44(36)54-53(43)63-57(49)67-59(45)65(55(61)47(37)41)73(77)75(67)79-71(63)72-64(54)58(50)68-60(46)66-56(48)62(52(42)51)70(69)78(82)74(66)76(68)80(72)83(79,81)82/h11-13,16-17,23-80H,2-10,14-15,18-20H2,1H3. The SMILES string of the molecule is CCCCCCCCCCCCOC(=O)CCCC1(c2ccccc2)C23C4C5C6C7C8C9C%10C%11C%12C%13C%14C%10C%10C8C6C6C8C%10C%14C%10C%14C%13C%13C%12C%12C%15C%11C9C9C%11C%15C%15C%12C%12C%13C%13C%14C%14C%10C8C(C64)C4C%14C6C%13C%12C8C%15C%10C%11C(C97)C5C2C%10C8C6C413. The van der Waals surface area contributed by atoms with Gasteiger partial charge in [0.15, 0.2) is 0 Å². The summed E-state index contributed by atoms with van der Waals surface area (Å²) in [4.78, 5) is 14.7. The molecule has 1 aromatic rings. The summed E-state index contributed by atoms with van der Waals surface area (Å²) in [6.07, 6.45) is 16.7. The van der Waals surface area contributed by atoms with Gasteiger partial charge in [-0.2, -0.15) is 0 Å². The molecular weight excluding hydrogens is 1030 g/mol. The second-order valence-electron chi connectivity index (χ2n) is 42.5. The van der Waals surface area contributed by atoms with E-state index in [1.165, 1.54) is 336 Å². The number of esters is 1. The summed E-state index contributed by atoms with van der Waals surface area (Å²) >= 11 is 0. The first-order chi connectivity index (χ1) is 42.3. The molecule has 0 radical (unpaired) electrons. The Bertz CT molecular complexity index is 3070. The zero-order valence-electron chi connectivity index (χ0n) is 50.6. The molecule has 2 spiro atoms. The molecule has 0 N–H and O–H groups in total. The van der Waals surface area contributed by atoms with Gasteiger partial charge < -0.3 is 4.74 Å². The number of rotatable bonds is 16. The van der Waals surface area contributed by atoms with Crippen LogP contribution in [0.1, 0.15) is 96.0 Å². The highest BCUT2D eigenvalue weighted by molar-refractivity contribution is 5.70. The molecule has 2 heteroatoms. The van der Waals surface area contributed by atoms with Gasteiger partial charge in [-0.25, -0.2) is 0 Å². The molecule has 85 heavy (non-hydrogen) atoms. The largest absolute Gasteiger partial charge is 0.466 e. The van der Waals surface area contributed by atoms with E-state index in [1.54, 1.807) is 0 Å². The Morgan fingerprint density at radius 3 is 0.765 bits per heavy atom. The predicted octanol–water partition coefficient (Wildman–Crippen LogP) is 13.7. The Morgan fingerprint density at radius 2 is 0.518 bits per heavy atom. The molecule has 0 saturated heterocycles. The number of unbranched alkanes of at least 4 members (excludes halogenated alkanes) is 9. The molecule has 33 fully saturated rings. The highest BCUT2D eigenvalue weighted by Gasteiger charge is 3.12. The molecule has 0 amide bonds. The third-order valence-electron chi connectivity index (χ3n) is 46.6. The molecule has 33 aliphatic carbocycles. The molecule has 2 nitrogen and oxygen atoms in total. The summed E-state index contributed by atoms with van der Waals surface area (Å²) in [5, 5.41) is 0. The molecule has 0 aromatic heterocycles. The van der Waals surface area contributed by atoms with E-state index >= 15 is 0 Å². The maximum atomic E-state index is 14.7. The van der Waals surface area contributed by atoms with E-state index in [9.17, 15) is 4.79 Å². The van der Waals surface area contributed by atoms with Crippen LogP contribution in [0.5, 0.6) is 0 Å². The minimum atomic E-state index is 0.209. The van der Waals surface area contributed by atoms with Crippen LogP contribution in [0.2, 0.25) is 0 Å². The summed E-state index contributed by atoms with van der Waals surface area (Å²) in [7, 11) is 0. The molecule has 34 rings (SSSR count). The van der Waals surface area contributed by atoms with Crippen molar-refractivity contribution < 1.29 is 9.53 Å². The van der Waals surface area contributed by atoms with E-state index in [-0.39, 0.29) is 5.97 Å². The smallest absolute Gasteiger partial charge is 0.305 e. The minimum absolute atomic E-state index is 0.209. The van der Waals surface area contributed by atoms with E-state index in [0.29, 0.717) is 22.9 Å². The molecule has 33 aliphatic rings. The fraction of sp³-hybridized carbons (Fsp3) is 0.916. The number of hydrogen-bond donors (Lipinski definition) is 0. The lowest BCUT2D eigenvalue weighted by Crippen LogP contribution is -2.62. The minimum Gasteiger partial charge on any atom is -0.466 e. The van der Waals surface area contributed by atoms with Crippen molar-refractivity contribution in [1.29, 1.82) is 0 Å². The van der Waals surface area contributed by atoms with Crippen molar-refractivity contribution in [3.63, 3.8) is 0 Å². The first kappa shape index (κ1) is 42.8. The molecule has 0 aliphatic heterocycles. The monoisotopic (exact) mass is 1120 g/mol. The highest BCUT2D eigenvalue weighted by atomic mass is 16.5. The number of ether oxygens (including phenoxy) is 1. The lowest BCUT2D eigenvalue weighted by Gasteiger charge is -2.65. The Kier molecular flexibility index (Phi) is 5.91. The van der Waals surface area contributed by atoms with Gasteiger partial charge in [-0.1, -0.05) is 95.0 Å². The van der Waals surface area contributed by atoms with E-state index in [4.69, 9.17) is 4.74 Å². The number of carbonyl (C=O) groups excluding carboxylic acids is 1. The Balaban J connectivity index is 0.664. The first-order valence-corrected chi connectivity index (χ1v) is 40.5. The van der Waals surface area contributed by atoms with Gasteiger partial charge in [0.1, 0.15) is 0 Å². The molecule has 0 bridgehead atoms. The van der Waals surface area contributed by atoms with Crippen molar-refractivity contribution in [2.75, 3.05) is 6.61 Å². The van der Waals surface area contributed by atoms with Crippen LogP contribution in [0.15, 0.2) is 30.3 Å². The van der Waals surface area contributed by atoms with Gasteiger partial charge in [-0.05, 0) is 379 Å². The van der Waals surface area contributed by atoms with Crippen LogP contribution in [-0.2, 0) is 14.9 Å². The summed E-state index contributed by atoms with van der Waals surface area (Å²) in [6.45, 7) is 3.02. The van der Waals surface area contributed by atoms with Crippen LogP contribution >= 0.6 is 0 Å². The van der Waals surface area contributed by atoms with Crippen LogP contribution in [0, 0.1) is 354 Å². The number of benzene rings is 1. The summed E-state index contributed by atoms with van der Waals surface area (Å²) in [5.74, 6) is 70.0. The van der Waals surface area contributed by atoms with Crippen molar-refractivity contribution >= 4 is 5.97 Å².